The maximum absolute atomic E-state index is 10.0. The molecule has 0 bridgehead atoms. The van der Waals surface area contributed by atoms with Crippen molar-refractivity contribution in [2.75, 3.05) is 14.2 Å². The summed E-state index contributed by atoms with van der Waals surface area (Å²) in [6.45, 7) is 0. The van der Waals surface area contributed by atoms with E-state index in [4.69, 9.17) is 0 Å². The van der Waals surface area contributed by atoms with Gasteiger partial charge in [-0.15, -0.1) is 0 Å². The van der Waals surface area contributed by atoms with Crippen molar-refractivity contribution in [2.45, 2.75) is 0 Å². The topological polar surface area (TPSA) is 83.1 Å². The summed E-state index contributed by atoms with van der Waals surface area (Å²) in [5.41, 5.74) is 1.59. The highest BCUT2D eigenvalue weighted by atomic mass is 17.0. The molecule has 0 aromatic rings. The molecule has 0 saturated heterocycles. The maximum Gasteiger partial charge on any atom is 0.0580 e. The Kier molecular flexibility index (Phi) is 4.44. The van der Waals surface area contributed by atoms with E-state index in [1.165, 1.54) is 0 Å². The zero-order chi connectivity index (χ0) is 7.28. The SMILES string of the molecule is CON([O-])NN([O-])OC. The second-order valence-electron chi connectivity index (χ2n) is 0.979. The van der Waals surface area contributed by atoms with Gasteiger partial charge in [0.15, 0.2) is 0 Å². The molecule has 0 aliphatic rings. The van der Waals surface area contributed by atoms with Crippen LogP contribution in [0.1, 0.15) is 0 Å². The van der Waals surface area contributed by atoms with Gasteiger partial charge in [-0.3, -0.25) is 9.68 Å². The monoisotopic (exact) mass is 137 g/mol. The predicted octanol–water partition coefficient (Wildman–Crippen LogP) is -0.872. The molecular weight excluding hydrogens is 130 g/mol. The quantitative estimate of drug-likeness (QED) is 0.504. The van der Waals surface area contributed by atoms with Crippen molar-refractivity contribution in [1.82, 2.24) is 16.2 Å². The second kappa shape index (κ2) is 4.58. The summed E-state index contributed by atoms with van der Waals surface area (Å²) in [5.74, 6) is 0. The van der Waals surface area contributed by atoms with E-state index in [9.17, 15) is 10.4 Å². The second-order valence-corrected chi connectivity index (χ2v) is 0.979. The molecule has 0 aromatic heterocycles. The fraction of sp³-hybridized carbons (Fsp3) is 1.00. The van der Waals surface area contributed by atoms with Gasteiger partial charge in [0.05, 0.1) is 14.2 Å². The Morgan fingerprint density at radius 2 is 1.44 bits per heavy atom. The lowest BCUT2D eigenvalue weighted by Crippen LogP contribution is -2.42. The first-order valence-electron chi connectivity index (χ1n) is 1.99. The Bertz CT molecular complexity index is 62.8. The number of hydrogen-bond acceptors (Lipinski definition) is 7. The van der Waals surface area contributed by atoms with Gasteiger partial charge in [0.2, 0.25) is 0 Å². The molecule has 56 valence electrons. The van der Waals surface area contributed by atoms with E-state index < -0.39 is 0 Å². The van der Waals surface area contributed by atoms with Crippen LogP contribution in [-0.4, -0.2) is 24.9 Å². The lowest BCUT2D eigenvalue weighted by molar-refractivity contribution is -0.253. The van der Waals surface area contributed by atoms with E-state index in [1.54, 1.807) is 5.53 Å². The molecule has 1 N–H and O–H groups in total. The van der Waals surface area contributed by atoms with E-state index in [1.807, 2.05) is 0 Å². The van der Waals surface area contributed by atoms with Gasteiger partial charge in [-0.1, -0.05) is 0 Å². The predicted molar refractivity (Wildman–Crippen MR) is 27.6 cm³/mol. The molecule has 0 heterocycles. The number of rotatable bonds is 4. The van der Waals surface area contributed by atoms with Gasteiger partial charge in [-0.25, -0.2) is 0 Å². The van der Waals surface area contributed by atoms with Gasteiger partial charge < -0.3 is 10.4 Å². The fourth-order valence-corrected chi connectivity index (χ4v) is 0.148. The molecule has 0 unspecified atom stereocenters. The minimum atomic E-state index is -0.156. The molecule has 7 nitrogen and oxygen atoms in total. The standard InChI is InChI=1S/C2H7N3O4/c1-8-4(6)3-5(7)9-2/h3H,1-2H3/q-2. The smallest absolute Gasteiger partial charge is 0.0580 e. The highest BCUT2D eigenvalue weighted by Gasteiger charge is 1.84. The third kappa shape index (κ3) is 4.24. The summed E-state index contributed by atoms with van der Waals surface area (Å²) in [4.78, 5) is 7.94. The molecule has 0 aliphatic carbocycles. The van der Waals surface area contributed by atoms with Crippen molar-refractivity contribution >= 4 is 0 Å². The Hall–Kier alpha value is -0.280. The average molecular weight is 137 g/mol. The van der Waals surface area contributed by atoms with Crippen molar-refractivity contribution in [3.63, 3.8) is 0 Å². The van der Waals surface area contributed by atoms with Gasteiger partial charge in [-0.2, -0.15) is 16.2 Å². The summed E-state index contributed by atoms with van der Waals surface area (Å²) >= 11 is 0. The van der Waals surface area contributed by atoms with E-state index in [2.05, 4.69) is 9.68 Å². The fourth-order valence-electron chi connectivity index (χ4n) is 0.148. The molecule has 0 saturated carbocycles. The molecule has 0 fully saturated rings. The number of nitrogens with zero attached hydrogens (tertiary/aromatic N) is 2. The zero-order valence-corrected chi connectivity index (χ0v) is 5.03. The molecule has 0 aliphatic heterocycles. The van der Waals surface area contributed by atoms with Crippen molar-refractivity contribution in [3.8, 4) is 0 Å². The summed E-state index contributed by atoms with van der Waals surface area (Å²) in [5, 5.41) is 19.8. The van der Waals surface area contributed by atoms with Gasteiger partial charge in [-0.05, 0) is 0 Å². The van der Waals surface area contributed by atoms with Crippen molar-refractivity contribution in [2.24, 2.45) is 0 Å². The number of hydrazine groups is 2. The Morgan fingerprint density at radius 1 is 1.11 bits per heavy atom. The number of nitrogens with one attached hydrogen (secondary N) is 1. The molecule has 0 rings (SSSR count). The Labute approximate surface area is 51.7 Å². The van der Waals surface area contributed by atoms with Crippen LogP contribution in [0.25, 0.3) is 0 Å². The van der Waals surface area contributed by atoms with Crippen LogP contribution < -0.4 is 5.53 Å². The van der Waals surface area contributed by atoms with Crippen LogP contribution in [0, 0.1) is 10.4 Å². The lowest BCUT2D eigenvalue weighted by atomic mass is 11.7. The molecule has 0 amide bonds. The largest absolute Gasteiger partial charge is 0.747 e. The lowest BCUT2D eigenvalue weighted by Gasteiger charge is -2.34. The van der Waals surface area contributed by atoms with Crippen LogP contribution in [0.5, 0.6) is 0 Å². The number of hydrogen-bond donors (Lipinski definition) is 1. The van der Waals surface area contributed by atoms with Gasteiger partial charge in [0.25, 0.3) is 0 Å². The Morgan fingerprint density at radius 3 is 1.67 bits per heavy atom. The van der Waals surface area contributed by atoms with Crippen LogP contribution >= 0.6 is 0 Å². The van der Waals surface area contributed by atoms with Crippen molar-refractivity contribution in [1.29, 1.82) is 0 Å². The molecule has 7 heteroatoms. The third-order valence-electron chi connectivity index (χ3n) is 0.495. The van der Waals surface area contributed by atoms with Crippen LogP contribution in [0.3, 0.4) is 0 Å². The van der Waals surface area contributed by atoms with Crippen molar-refractivity contribution < 1.29 is 9.68 Å². The van der Waals surface area contributed by atoms with Gasteiger partial charge in [0, 0.05) is 0 Å². The zero-order valence-electron chi connectivity index (χ0n) is 5.03. The first-order valence-corrected chi connectivity index (χ1v) is 1.99. The normalized spacial score (nSPS) is 11.3. The molecule has 0 radical (unpaired) electrons. The van der Waals surface area contributed by atoms with E-state index in [-0.39, 0.29) is 10.7 Å². The maximum atomic E-state index is 10.0. The molecule has 0 spiro atoms. The summed E-state index contributed by atoms with van der Waals surface area (Å²) in [6, 6.07) is 0. The average Bonchev–Trinajstić information content (AvgIpc) is 1.87. The molecular formula is C2H7N3O4-2. The van der Waals surface area contributed by atoms with Gasteiger partial charge in [0.1, 0.15) is 0 Å². The van der Waals surface area contributed by atoms with E-state index in [0.29, 0.717) is 0 Å². The van der Waals surface area contributed by atoms with Crippen LogP contribution in [0.4, 0.5) is 0 Å². The van der Waals surface area contributed by atoms with E-state index >= 15 is 0 Å². The van der Waals surface area contributed by atoms with Gasteiger partial charge >= 0.3 is 0 Å². The highest BCUT2D eigenvalue weighted by molar-refractivity contribution is 4.28. The molecule has 0 atom stereocenters. The minimum Gasteiger partial charge on any atom is -0.747 e. The molecule has 0 aromatic carbocycles. The molecule has 9 heavy (non-hydrogen) atoms. The van der Waals surface area contributed by atoms with Crippen molar-refractivity contribution in [3.05, 3.63) is 10.4 Å². The summed E-state index contributed by atoms with van der Waals surface area (Å²) in [7, 11) is 2.20. The van der Waals surface area contributed by atoms with Crippen LogP contribution in [0.2, 0.25) is 0 Å². The summed E-state index contributed by atoms with van der Waals surface area (Å²) < 4.78 is 0. The Balaban J connectivity index is 3.22. The first-order chi connectivity index (χ1) is 4.20. The highest BCUT2D eigenvalue weighted by Crippen LogP contribution is 1.79. The van der Waals surface area contributed by atoms with Crippen LogP contribution in [-0.2, 0) is 9.68 Å². The van der Waals surface area contributed by atoms with Crippen LogP contribution in [0.15, 0.2) is 0 Å². The summed E-state index contributed by atoms with van der Waals surface area (Å²) in [6.07, 6.45) is 0. The minimum absolute atomic E-state index is 0.156. The van der Waals surface area contributed by atoms with E-state index in [0.717, 1.165) is 14.2 Å². The third-order valence-corrected chi connectivity index (χ3v) is 0.495. The first kappa shape index (κ1) is 8.72.